The van der Waals surface area contributed by atoms with Crippen molar-refractivity contribution in [3.05, 3.63) is 29.0 Å². The summed E-state index contributed by atoms with van der Waals surface area (Å²) in [6.07, 6.45) is 5.30. The predicted molar refractivity (Wildman–Crippen MR) is 64.4 cm³/mol. The zero-order valence-electron chi connectivity index (χ0n) is 9.05. The van der Waals surface area contributed by atoms with Gasteiger partial charge in [0.2, 0.25) is 6.19 Å². The van der Waals surface area contributed by atoms with Crippen molar-refractivity contribution in [3.8, 4) is 6.19 Å². The molecule has 86 valence electrons. The minimum atomic E-state index is -2.56. The van der Waals surface area contributed by atoms with Gasteiger partial charge in [-0.15, -0.1) is 4.36 Å². The van der Waals surface area contributed by atoms with E-state index in [0.29, 0.717) is 11.6 Å². The molecule has 0 aromatic carbocycles. The lowest BCUT2D eigenvalue weighted by Crippen LogP contribution is -2.10. The number of pyridine rings is 1. The first-order valence-electron chi connectivity index (χ1n) is 4.71. The fourth-order valence-corrected chi connectivity index (χ4v) is 3.18. The highest BCUT2D eigenvalue weighted by molar-refractivity contribution is 7.93. The smallest absolute Gasteiger partial charge is 0.214 e. The molecule has 0 N–H and O–H groups in total. The maximum Gasteiger partial charge on any atom is 0.214 e. The Bertz CT molecular complexity index is 512. The van der Waals surface area contributed by atoms with Crippen molar-refractivity contribution in [1.29, 1.82) is 5.26 Å². The summed E-state index contributed by atoms with van der Waals surface area (Å²) < 4.78 is 15.7. The summed E-state index contributed by atoms with van der Waals surface area (Å²) in [5, 5.41) is 8.60. The van der Waals surface area contributed by atoms with Crippen molar-refractivity contribution in [2.24, 2.45) is 4.36 Å². The Hall–Kier alpha value is -1.12. The minimum Gasteiger partial charge on any atom is -0.248 e. The Labute approximate surface area is 100 Å². The molecule has 1 heterocycles. The van der Waals surface area contributed by atoms with Crippen LogP contribution in [0, 0.1) is 11.5 Å². The summed E-state index contributed by atoms with van der Waals surface area (Å²) in [7, 11) is -2.56. The molecule has 0 bridgehead atoms. The predicted octanol–water partition coefficient (Wildman–Crippen LogP) is 2.76. The zero-order chi connectivity index (χ0) is 12.2. The third-order valence-electron chi connectivity index (χ3n) is 2.24. The Morgan fingerprint density at radius 1 is 1.69 bits per heavy atom. The van der Waals surface area contributed by atoms with E-state index in [1.54, 1.807) is 24.5 Å². The molecular formula is C10H12ClN3OS. The Morgan fingerprint density at radius 3 is 2.81 bits per heavy atom. The molecule has 1 aromatic rings. The van der Waals surface area contributed by atoms with Crippen LogP contribution in [0.4, 0.5) is 0 Å². The highest BCUT2D eigenvalue weighted by Gasteiger charge is 2.19. The second-order valence-corrected chi connectivity index (χ2v) is 6.22. The van der Waals surface area contributed by atoms with E-state index in [1.807, 2.05) is 6.92 Å². The average molecular weight is 258 g/mol. The number of halogens is 1. The number of aromatic nitrogens is 1. The van der Waals surface area contributed by atoms with Crippen LogP contribution in [0.25, 0.3) is 0 Å². The van der Waals surface area contributed by atoms with Gasteiger partial charge < -0.3 is 0 Å². The molecule has 0 amide bonds. The maximum absolute atomic E-state index is 12.2. The lowest BCUT2D eigenvalue weighted by Gasteiger charge is -2.15. The number of rotatable bonds is 3. The van der Waals surface area contributed by atoms with Gasteiger partial charge in [-0.2, -0.15) is 5.26 Å². The molecule has 1 aromatic heterocycles. The van der Waals surface area contributed by atoms with Crippen LogP contribution in [0.15, 0.2) is 22.7 Å². The molecule has 16 heavy (non-hydrogen) atoms. The van der Waals surface area contributed by atoms with Crippen LogP contribution in [0.5, 0.6) is 0 Å². The number of nitriles is 1. The van der Waals surface area contributed by atoms with Gasteiger partial charge in [-0.25, -0.2) is 9.19 Å². The molecule has 0 saturated heterocycles. The molecule has 1 rings (SSSR count). The fourth-order valence-electron chi connectivity index (χ4n) is 1.52. The highest BCUT2D eigenvalue weighted by Crippen LogP contribution is 2.26. The van der Waals surface area contributed by atoms with Crippen molar-refractivity contribution >= 4 is 21.3 Å². The van der Waals surface area contributed by atoms with Crippen LogP contribution < -0.4 is 0 Å². The van der Waals surface area contributed by atoms with Gasteiger partial charge in [-0.3, -0.25) is 0 Å². The number of hydrogen-bond donors (Lipinski definition) is 0. The van der Waals surface area contributed by atoms with E-state index in [-0.39, 0.29) is 5.25 Å². The summed E-state index contributed by atoms with van der Waals surface area (Å²) in [5.74, 6) is 0. The molecule has 0 saturated carbocycles. The van der Waals surface area contributed by atoms with Crippen molar-refractivity contribution in [2.75, 3.05) is 6.26 Å². The summed E-state index contributed by atoms with van der Waals surface area (Å²) in [6, 6.07) is 3.40. The molecule has 6 heteroatoms. The normalized spacial score (nSPS) is 15.9. The van der Waals surface area contributed by atoms with Gasteiger partial charge in [-0.05, 0) is 18.1 Å². The van der Waals surface area contributed by atoms with Gasteiger partial charge in [0.15, 0.2) is 0 Å². The van der Waals surface area contributed by atoms with Crippen LogP contribution >= 0.6 is 11.6 Å². The van der Waals surface area contributed by atoms with Crippen LogP contribution in [0.1, 0.15) is 24.2 Å². The molecular weight excluding hydrogens is 246 g/mol. The summed E-state index contributed by atoms with van der Waals surface area (Å²) >= 11 is 5.68. The summed E-state index contributed by atoms with van der Waals surface area (Å²) in [5.41, 5.74) is 0.790. The van der Waals surface area contributed by atoms with Crippen molar-refractivity contribution < 1.29 is 4.21 Å². The molecule has 0 aliphatic rings. The van der Waals surface area contributed by atoms with Gasteiger partial charge >= 0.3 is 0 Å². The Kier molecular flexibility index (Phi) is 4.27. The molecule has 4 nitrogen and oxygen atoms in total. The van der Waals surface area contributed by atoms with Gasteiger partial charge in [0.05, 0.1) is 15.0 Å². The maximum atomic E-state index is 12.2. The molecule has 0 fully saturated rings. The lowest BCUT2D eigenvalue weighted by atomic mass is 10.2. The monoisotopic (exact) mass is 257 g/mol. The summed E-state index contributed by atoms with van der Waals surface area (Å²) in [6.45, 7) is 1.90. The van der Waals surface area contributed by atoms with Crippen LogP contribution in [-0.4, -0.2) is 15.4 Å². The summed E-state index contributed by atoms with van der Waals surface area (Å²) in [4.78, 5) is 3.94. The average Bonchev–Trinajstić information content (AvgIpc) is 2.21. The van der Waals surface area contributed by atoms with Crippen LogP contribution in [-0.2, 0) is 9.73 Å². The van der Waals surface area contributed by atoms with Gasteiger partial charge in [0.25, 0.3) is 0 Å². The molecule has 0 radical (unpaired) electrons. The van der Waals surface area contributed by atoms with E-state index < -0.39 is 9.73 Å². The SMILES string of the molecule is CCC(c1ccc(Cl)nc1)S(C)(=O)=NC#N. The standard InChI is InChI=1S/C10H12ClN3OS/c1-3-9(16(2,15)14-7-12)8-4-5-10(11)13-6-8/h4-6,9H,3H2,1-2H3. The van der Waals surface area contributed by atoms with Gasteiger partial charge in [-0.1, -0.05) is 24.6 Å². The quantitative estimate of drug-likeness (QED) is 0.618. The molecule has 2 atom stereocenters. The van der Waals surface area contributed by atoms with Gasteiger partial charge in [0, 0.05) is 12.5 Å². The van der Waals surface area contributed by atoms with Crippen molar-refractivity contribution in [2.45, 2.75) is 18.6 Å². The van der Waals surface area contributed by atoms with E-state index in [9.17, 15) is 4.21 Å². The van der Waals surface area contributed by atoms with E-state index in [0.717, 1.165) is 5.56 Å². The molecule has 0 aliphatic heterocycles. The lowest BCUT2D eigenvalue weighted by molar-refractivity contribution is 0.665. The topological polar surface area (TPSA) is 66.1 Å². The van der Waals surface area contributed by atoms with E-state index >= 15 is 0 Å². The Balaban J connectivity index is 3.20. The first-order chi connectivity index (χ1) is 7.51. The highest BCUT2D eigenvalue weighted by atomic mass is 35.5. The first-order valence-corrected chi connectivity index (χ1v) is 7.08. The third kappa shape index (κ3) is 2.94. The molecule has 2 unspecified atom stereocenters. The number of nitrogens with zero attached hydrogens (tertiary/aromatic N) is 3. The minimum absolute atomic E-state index is 0.295. The second kappa shape index (κ2) is 5.28. The first kappa shape index (κ1) is 12.9. The largest absolute Gasteiger partial charge is 0.248 e. The Morgan fingerprint density at radius 2 is 2.38 bits per heavy atom. The third-order valence-corrected chi connectivity index (χ3v) is 4.57. The van der Waals surface area contributed by atoms with Crippen LogP contribution in [0.3, 0.4) is 0 Å². The van der Waals surface area contributed by atoms with Crippen molar-refractivity contribution in [3.63, 3.8) is 0 Å². The van der Waals surface area contributed by atoms with E-state index in [4.69, 9.17) is 16.9 Å². The second-order valence-electron chi connectivity index (χ2n) is 3.36. The molecule has 0 aliphatic carbocycles. The van der Waals surface area contributed by atoms with Crippen molar-refractivity contribution in [1.82, 2.24) is 4.98 Å². The van der Waals surface area contributed by atoms with Crippen LogP contribution in [0.2, 0.25) is 5.15 Å². The van der Waals surface area contributed by atoms with E-state index in [1.165, 1.54) is 6.26 Å². The zero-order valence-corrected chi connectivity index (χ0v) is 10.6. The van der Waals surface area contributed by atoms with Gasteiger partial charge in [0.1, 0.15) is 5.15 Å². The number of hydrogen-bond acceptors (Lipinski definition) is 4. The molecule has 0 spiro atoms. The fraction of sp³-hybridized carbons (Fsp3) is 0.400. The van der Waals surface area contributed by atoms with E-state index in [2.05, 4.69) is 9.35 Å².